The number of nitrogens with one attached hydrogen (secondary N) is 1. The molecule has 1 aromatic rings. The highest BCUT2D eigenvalue weighted by molar-refractivity contribution is 9.10. The molecule has 1 N–H and O–H groups in total. The van der Waals surface area contributed by atoms with Crippen LogP contribution in [0.15, 0.2) is 17.0 Å². The molecule has 20 heavy (non-hydrogen) atoms. The summed E-state index contributed by atoms with van der Waals surface area (Å²) in [6, 6.07) is 0. The quantitative estimate of drug-likeness (QED) is 0.886. The summed E-state index contributed by atoms with van der Waals surface area (Å²) >= 11 is 3.09. The minimum Gasteiger partial charge on any atom is -0.309 e. The third kappa shape index (κ3) is 3.68. The van der Waals surface area contributed by atoms with Crippen molar-refractivity contribution in [2.24, 2.45) is 11.8 Å². The number of rotatable bonds is 2. The van der Waals surface area contributed by atoms with Gasteiger partial charge in [0.15, 0.2) is 5.82 Å². The SMILES string of the molecule is O=C(Nc1cnc(Br)cn1)C1CCCCC1C(F)(F)F. The molecule has 110 valence electrons. The maximum Gasteiger partial charge on any atom is 0.392 e. The van der Waals surface area contributed by atoms with E-state index in [-0.39, 0.29) is 18.7 Å². The van der Waals surface area contributed by atoms with Crippen LogP contribution in [0.5, 0.6) is 0 Å². The van der Waals surface area contributed by atoms with Crippen LogP contribution in [-0.4, -0.2) is 22.1 Å². The Morgan fingerprint density at radius 1 is 1.25 bits per heavy atom. The summed E-state index contributed by atoms with van der Waals surface area (Å²) in [6.07, 6.45) is -0.269. The van der Waals surface area contributed by atoms with Crippen molar-refractivity contribution in [3.8, 4) is 0 Å². The molecule has 0 aromatic carbocycles. The molecular weight excluding hydrogens is 339 g/mol. The van der Waals surface area contributed by atoms with Gasteiger partial charge >= 0.3 is 6.18 Å². The van der Waals surface area contributed by atoms with E-state index < -0.39 is 23.9 Å². The van der Waals surface area contributed by atoms with E-state index in [1.54, 1.807) is 0 Å². The molecule has 8 heteroatoms. The van der Waals surface area contributed by atoms with Crippen molar-refractivity contribution in [3.63, 3.8) is 0 Å². The number of aromatic nitrogens is 2. The zero-order valence-electron chi connectivity index (χ0n) is 10.5. The molecule has 1 aliphatic carbocycles. The Labute approximate surface area is 122 Å². The largest absolute Gasteiger partial charge is 0.392 e. The average molecular weight is 352 g/mol. The van der Waals surface area contributed by atoms with Crippen LogP contribution in [0.25, 0.3) is 0 Å². The number of carbonyl (C=O) groups is 1. The van der Waals surface area contributed by atoms with Crippen molar-refractivity contribution < 1.29 is 18.0 Å². The Bertz CT molecular complexity index is 478. The van der Waals surface area contributed by atoms with Gasteiger partial charge in [-0.05, 0) is 28.8 Å². The first-order chi connectivity index (χ1) is 9.38. The number of hydrogen-bond acceptors (Lipinski definition) is 3. The van der Waals surface area contributed by atoms with Gasteiger partial charge in [-0.2, -0.15) is 13.2 Å². The van der Waals surface area contributed by atoms with Crippen molar-refractivity contribution in [2.75, 3.05) is 5.32 Å². The Hall–Kier alpha value is -1.18. The average Bonchev–Trinajstić information content (AvgIpc) is 2.40. The van der Waals surface area contributed by atoms with Gasteiger partial charge in [0.2, 0.25) is 5.91 Å². The monoisotopic (exact) mass is 351 g/mol. The maximum absolute atomic E-state index is 12.9. The fourth-order valence-electron chi connectivity index (χ4n) is 2.43. The van der Waals surface area contributed by atoms with Gasteiger partial charge in [0.1, 0.15) is 4.60 Å². The van der Waals surface area contributed by atoms with Crippen LogP contribution >= 0.6 is 15.9 Å². The highest BCUT2D eigenvalue weighted by atomic mass is 79.9. The fourth-order valence-corrected chi connectivity index (χ4v) is 2.64. The van der Waals surface area contributed by atoms with Crippen LogP contribution in [-0.2, 0) is 4.79 Å². The van der Waals surface area contributed by atoms with Crippen LogP contribution in [0.3, 0.4) is 0 Å². The van der Waals surface area contributed by atoms with Crippen LogP contribution < -0.4 is 5.32 Å². The first-order valence-corrected chi connectivity index (χ1v) is 7.02. The van der Waals surface area contributed by atoms with Gasteiger partial charge in [-0.1, -0.05) is 12.8 Å². The Morgan fingerprint density at radius 3 is 2.55 bits per heavy atom. The molecule has 0 radical (unpaired) electrons. The lowest BCUT2D eigenvalue weighted by Gasteiger charge is -2.31. The maximum atomic E-state index is 12.9. The first-order valence-electron chi connectivity index (χ1n) is 6.23. The standard InChI is InChI=1S/C12H13BrF3N3O/c13-9-5-18-10(6-17-9)19-11(20)7-3-1-2-4-8(7)12(14,15)16/h5-8H,1-4H2,(H,18,19,20). The zero-order chi connectivity index (χ0) is 14.8. The third-order valence-electron chi connectivity index (χ3n) is 3.39. The van der Waals surface area contributed by atoms with E-state index in [0.717, 1.165) is 0 Å². The van der Waals surface area contributed by atoms with Crippen molar-refractivity contribution in [1.29, 1.82) is 0 Å². The molecular formula is C12H13BrF3N3O. The summed E-state index contributed by atoms with van der Waals surface area (Å²) in [7, 11) is 0. The van der Waals surface area contributed by atoms with Crippen molar-refractivity contribution >= 4 is 27.7 Å². The lowest BCUT2D eigenvalue weighted by Crippen LogP contribution is -2.39. The second kappa shape index (κ2) is 6.07. The summed E-state index contributed by atoms with van der Waals surface area (Å²) in [6.45, 7) is 0. The lowest BCUT2D eigenvalue weighted by atomic mass is 9.78. The smallest absolute Gasteiger partial charge is 0.309 e. The molecule has 0 bridgehead atoms. The molecule has 0 aliphatic heterocycles. The molecule has 0 saturated heterocycles. The van der Waals surface area contributed by atoms with E-state index in [9.17, 15) is 18.0 Å². The number of nitrogens with zero attached hydrogens (tertiary/aromatic N) is 2. The second-order valence-corrected chi connectivity index (χ2v) is 5.57. The first kappa shape index (κ1) is 15.2. The van der Waals surface area contributed by atoms with Gasteiger partial charge in [0, 0.05) is 5.92 Å². The molecule has 1 heterocycles. The molecule has 4 nitrogen and oxygen atoms in total. The summed E-state index contributed by atoms with van der Waals surface area (Å²) in [5.74, 6) is -3.10. The predicted octanol–water partition coefficient (Wildman–Crippen LogP) is 3.55. The molecule has 2 atom stereocenters. The van der Waals surface area contributed by atoms with Crippen LogP contribution in [0, 0.1) is 11.8 Å². The van der Waals surface area contributed by atoms with Crippen molar-refractivity contribution in [3.05, 3.63) is 17.0 Å². The van der Waals surface area contributed by atoms with Gasteiger partial charge < -0.3 is 5.32 Å². The number of anilines is 1. The molecule has 2 unspecified atom stereocenters. The van der Waals surface area contributed by atoms with Gasteiger partial charge in [-0.25, -0.2) is 9.97 Å². The Balaban J connectivity index is 2.08. The van der Waals surface area contributed by atoms with Crippen LogP contribution in [0.4, 0.5) is 19.0 Å². The van der Waals surface area contributed by atoms with E-state index in [1.807, 2.05) is 0 Å². The topological polar surface area (TPSA) is 54.9 Å². The predicted molar refractivity (Wildman–Crippen MR) is 69.9 cm³/mol. The Morgan fingerprint density at radius 2 is 1.95 bits per heavy atom. The second-order valence-electron chi connectivity index (χ2n) is 4.75. The van der Waals surface area contributed by atoms with Crippen LogP contribution in [0.2, 0.25) is 0 Å². The van der Waals surface area contributed by atoms with E-state index in [1.165, 1.54) is 12.4 Å². The van der Waals surface area contributed by atoms with E-state index in [0.29, 0.717) is 17.4 Å². The highest BCUT2D eigenvalue weighted by Gasteiger charge is 2.48. The van der Waals surface area contributed by atoms with E-state index in [4.69, 9.17) is 0 Å². The third-order valence-corrected chi connectivity index (χ3v) is 3.80. The molecule has 2 rings (SSSR count). The summed E-state index contributed by atoms with van der Waals surface area (Å²) in [5, 5.41) is 2.41. The molecule has 1 aromatic heterocycles. The molecule has 1 amide bonds. The minimum atomic E-state index is -4.34. The van der Waals surface area contributed by atoms with Gasteiger partial charge in [-0.3, -0.25) is 4.79 Å². The number of halogens is 4. The highest BCUT2D eigenvalue weighted by Crippen LogP contribution is 2.41. The number of carbonyl (C=O) groups excluding carboxylic acids is 1. The molecule has 1 aliphatic rings. The fraction of sp³-hybridized carbons (Fsp3) is 0.583. The summed E-state index contributed by atoms with van der Waals surface area (Å²) in [5.41, 5.74) is 0. The summed E-state index contributed by atoms with van der Waals surface area (Å²) in [4.78, 5) is 19.8. The van der Waals surface area contributed by atoms with Crippen LogP contribution in [0.1, 0.15) is 25.7 Å². The number of amides is 1. The van der Waals surface area contributed by atoms with Crippen molar-refractivity contribution in [2.45, 2.75) is 31.9 Å². The van der Waals surface area contributed by atoms with E-state index in [2.05, 4.69) is 31.2 Å². The Kier molecular flexibility index (Phi) is 4.62. The minimum absolute atomic E-state index is 0.00754. The normalized spacial score (nSPS) is 23.4. The number of hydrogen-bond donors (Lipinski definition) is 1. The zero-order valence-corrected chi connectivity index (χ0v) is 12.0. The summed E-state index contributed by atoms with van der Waals surface area (Å²) < 4.78 is 39.3. The number of alkyl halides is 3. The van der Waals surface area contributed by atoms with Gasteiger partial charge in [-0.15, -0.1) is 0 Å². The molecule has 0 spiro atoms. The van der Waals surface area contributed by atoms with Gasteiger partial charge in [0.25, 0.3) is 0 Å². The van der Waals surface area contributed by atoms with Gasteiger partial charge in [0.05, 0.1) is 18.3 Å². The molecule has 1 saturated carbocycles. The lowest BCUT2D eigenvalue weighted by molar-refractivity contribution is -0.197. The molecule has 1 fully saturated rings. The van der Waals surface area contributed by atoms with Crippen molar-refractivity contribution in [1.82, 2.24) is 9.97 Å². The van der Waals surface area contributed by atoms with E-state index >= 15 is 0 Å².